The van der Waals surface area contributed by atoms with Crippen LogP contribution in [0.2, 0.25) is 5.02 Å². The molecule has 0 saturated carbocycles. The molecule has 0 spiro atoms. The second-order valence-electron chi connectivity index (χ2n) is 7.04. The van der Waals surface area contributed by atoms with Crippen LogP contribution in [0.3, 0.4) is 0 Å². The Morgan fingerprint density at radius 1 is 1.10 bits per heavy atom. The highest BCUT2D eigenvalue weighted by molar-refractivity contribution is 7.89. The molecule has 2 amide bonds. The summed E-state index contributed by atoms with van der Waals surface area (Å²) in [5.74, 6) is 0.239. The van der Waals surface area contributed by atoms with Crippen LogP contribution in [-0.4, -0.2) is 55.6 Å². The van der Waals surface area contributed by atoms with E-state index in [1.54, 1.807) is 24.0 Å². The molecule has 1 atom stereocenters. The molecule has 3 rings (SSSR count). The van der Waals surface area contributed by atoms with Crippen LogP contribution in [0.15, 0.2) is 52.0 Å². The van der Waals surface area contributed by atoms with Crippen molar-refractivity contribution in [3.05, 3.63) is 53.4 Å². The maximum Gasteiger partial charge on any atom is 0.243 e. The number of halogens is 1. The molecular weight excluding hydrogens is 430 g/mol. The zero-order chi connectivity index (χ0) is 21.7. The molecule has 1 aliphatic heterocycles. The molecule has 0 radical (unpaired) electrons. The number of carbonyl (C=O) groups excluding carboxylic acids is 2. The fourth-order valence-electron chi connectivity index (χ4n) is 3.23. The lowest BCUT2D eigenvalue weighted by atomic mass is 10.2. The van der Waals surface area contributed by atoms with Gasteiger partial charge in [-0.2, -0.15) is 4.31 Å². The zero-order valence-corrected chi connectivity index (χ0v) is 18.2. The quantitative estimate of drug-likeness (QED) is 0.694. The van der Waals surface area contributed by atoms with Gasteiger partial charge in [0.15, 0.2) is 0 Å². The van der Waals surface area contributed by atoms with Crippen LogP contribution in [0.5, 0.6) is 0 Å². The first-order chi connectivity index (χ1) is 14.3. The number of nitrogens with one attached hydrogen (secondary N) is 1. The van der Waals surface area contributed by atoms with Crippen LogP contribution in [0.4, 0.5) is 0 Å². The first-order valence-electron chi connectivity index (χ1n) is 9.63. The van der Waals surface area contributed by atoms with E-state index in [9.17, 15) is 18.0 Å². The van der Waals surface area contributed by atoms with Crippen LogP contribution in [-0.2, 0) is 19.6 Å². The van der Waals surface area contributed by atoms with E-state index in [1.807, 2.05) is 0 Å². The molecule has 1 N–H and O–H groups in total. The molecule has 30 heavy (non-hydrogen) atoms. The maximum atomic E-state index is 12.7. The van der Waals surface area contributed by atoms with Crippen LogP contribution in [0, 0.1) is 0 Å². The largest absolute Gasteiger partial charge is 0.467 e. The molecule has 1 aromatic carbocycles. The molecule has 0 aliphatic carbocycles. The van der Waals surface area contributed by atoms with Gasteiger partial charge in [-0.1, -0.05) is 11.6 Å². The molecule has 8 nitrogen and oxygen atoms in total. The lowest BCUT2D eigenvalue weighted by molar-refractivity contribution is -0.134. The van der Waals surface area contributed by atoms with Crippen molar-refractivity contribution in [2.24, 2.45) is 0 Å². The van der Waals surface area contributed by atoms with Crippen LogP contribution >= 0.6 is 11.6 Å². The van der Waals surface area contributed by atoms with E-state index in [0.29, 0.717) is 10.8 Å². The number of piperazine rings is 1. The summed E-state index contributed by atoms with van der Waals surface area (Å²) >= 11 is 5.82. The fourth-order valence-corrected chi connectivity index (χ4v) is 4.78. The molecule has 1 saturated heterocycles. The lowest BCUT2D eigenvalue weighted by Gasteiger charge is -2.34. The van der Waals surface area contributed by atoms with Gasteiger partial charge in [-0.3, -0.25) is 9.59 Å². The van der Waals surface area contributed by atoms with Crippen molar-refractivity contribution >= 4 is 33.4 Å². The normalized spacial score (nSPS) is 16.3. The van der Waals surface area contributed by atoms with Crippen molar-refractivity contribution in [2.45, 2.75) is 30.7 Å². The van der Waals surface area contributed by atoms with Crippen molar-refractivity contribution in [1.29, 1.82) is 0 Å². The summed E-state index contributed by atoms with van der Waals surface area (Å²) in [6.45, 7) is 2.79. The number of nitrogens with zero attached hydrogens (tertiary/aromatic N) is 2. The van der Waals surface area contributed by atoms with E-state index in [1.165, 1.54) is 34.8 Å². The van der Waals surface area contributed by atoms with E-state index in [4.69, 9.17) is 16.0 Å². The number of sulfonamides is 1. The smallest absolute Gasteiger partial charge is 0.243 e. The maximum absolute atomic E-state index is 12.7. The fraction of sp³-hybridized carbons (Fsp3) is 0.400. The Bertz CT molecular complexity index is 968. The topological polar surface area (TPSA) is 99.9 Å². The SMILES string of the molecule is C[C@H](NC(=O)CCC(=O)N1CCN(S(=O)(=O)c2ccc(Cl)cc2)CC1)c1ccco1. The molecule has 0 unspecified atom stereocenters. The molecule has 10 heteroatoms. The molecule has 1 fully saturated rings. The van der Waals surface area contributed by atoms with E-state index in [0.717, 1.165) is 0 Å². The molecule has 1 aliphatic rings. The van der Waals surface area contributed by atoms with Gasteiger partial charge in [0.2, 0.25) is 21.8 Å². The predicted molar refractivity (Wildman–Crippen MR) is 111 cm³/mol. The van der Waals surface area contributed by atoms with E-state index < -0.39 is 10.0 Å². The molecular formula is C20H24ClN3O5S. The predicted octanol–water partition coefficient (Wildman–Crippen LogP) is 2.42. The third-order valence-corrected chi connectivity index (χ3v) is 7.12. The van der Waals surface area contributed by atoms with Crippen molar-refractivity contribution in [3.8, 4) is 0 Å². The first kappa shape index (κ1) is 22.3. The summed E-state index contributed by atoms with van der Waals surface area (Å²) in [6.07, 6.45) is 1.67. The van der Waals surface area contributed by atoms with E-state index in [2.05, 4.69) is 5.32 Å². The molecule has 2 heterocycles. The van der Waals surface area contributed by atoms with Gasteiger partial charge in [-0.25, -0.2) is 8.42 Å². The number of amides is 2. The number of hydrogen-bond acceptors (Lipinski definition) is 5. The number of hydrogen-bond donors (Lipinski definition) is 1. The minimum Gasteiger partial charge on any atom is -0.467 e. The average Bonchev–Trinajstić information content (AvgIpc) is 3.27. The van der Waals surface area contributed by atoms with Gasteiger partial charge in [0.05, 0.1) is 17.2 Å². The first-order valence-corrected chi connectivity index (χ1v) is 11.5. The van der Waals surface area contributed by atoms with Crippen LogP contribution in [0.1, 0.15) is 31.6 Å². The summed E-state index contributed by atoms with van der Waals surface area (Å²) in [6, 6.07) is 9.25. The van der Waals surface area contributed by atoms with Crippen LogP contribution in [0.25, 0.3) is 0 Å². The number of furan rings is 1. The summed E-state index contributed by atoms with van der Waals surface area (Å²) < 4.78 is 32.0. The lowest BCUT2D eigenvalue weighted by Crippen LogP contribution is -2.50. The number of rotatable bonds is 7. The van der Waals surface area contributed by atoms with E-state index in [-0.39, 0.29) is 61.8 Å². The highest BCUT2D eigenvalue weighted by Crippen LogP contribution is 2.20. The summed E-state index contributed by atoms with van der Waals surface area (Å²) in [4.78, 5) is 26.3. The second-order valence-corrected chi connectivity index (χ2v) is 9.42. The Balaban J connectivity index is 1.46. The molecule has 0 bridgehead atoms. The Hall–Kier alpha value is -2.36. The third kappa shape index (κ3) is 5.41. The van der Waals surface area contributed by atoms with Crippen molar-refractivity contribution in [2.75, 3.05) is 26.2 Å². The van der Waals surface area contributed by atoms with Gasteiger partial charge in [-0.05, 0) is 43.3 Å². The minimum atomic E-state index is -3.62. The van der Waals surface area contributed by atoms with Gasteiger partial charge < -0.3 is 14.6 Å². The Labute approximate surface area is 180 Å². The number of benzene rings is 1. The molecule has 162 valence electrons. The Morgan fingerprint density at radius 2 is 1.77 bits per heavy atom. The second kappa shape index (κ2) is 9.63. The summed E-state index contributed by atoms with van der Waals surface area (Å²) in [7, 11) is -3.62. The van der Waals surface area contributed by atoms with Crippen LogP contribution < -0.4 is 5.32 Å². The standard InChI is InChI=1S/C20H24ClN3O5S/c1-15(18-3-2-14-29-18)22-19(25)8-9-20(26)23-10-12-24(13-11-23)30(27,28)17-6-4-16(21)5-7-17/h2-7,14-15H,8-13H2,1H3,(H,22,25)/t15-/m0/s1. The minimum absolute atomic E-state index is 0.0627. The van der Waals surface area contributed by atoms with Gasteiger partial charge in [0.25, 0.3) is 0 Å². The van der Waals surface area contributed by atoms with Crippen molar-refractivity contribution in [1.82, 2.24) is 14.5 Å². The zero-order valence-electron chi connectivity index (χ0n) is 16.6. The van der Waals surface area contributed by atoms with Gasteiger partial charge in [0.1, 0.15) is 5.76 Å². The van der Waals surface area contributed by atoms with Gasteiger partial charge >= 0.3 is 0 Å². The highest BCUT2D eigenvalue weighted by Gasteiger charge is 2.30. The Kier molecular flexibility index (Phi) is 7.17. The monoisotopic (exact) mass is 453 g/mol. The van der Waals surface area contributed by atoms with E-state index >= 15 is 0 Å². The number of carbonyl (C=O) groups is 2. The molecule has 2 aromatic rings. The highest BCUT2D eigenvalue weighted by atomic mass is 35.5. The van der Waals surface area contributed by atoms with Gasteiger partial charge in [-0.15, -0.1) is 0 Å². The van der Waals surface area contributed by atoms with Crippen molar-refractivity contribution in [3.63, 3.8) is 0 Å². The van der Waals surface area contributed by atoms with Gasteiger partial charge in [0, 0.05) is 44.0 Å². The molecule has 1 aromatic heterocycles. The summed E-state index contributed by atoms with van der Waals surface area (Å²) in [5, 5.41) is 3.25. The average molecular weight is 454 g/mol. The summed E-state index contributed by atoms with van der Waals surface area (Å²) in [5.41, 5.74) is 0. The third-order valence-electron chi connectivity index (χ3n) is 4.96. The van der Waals surface area contributed by atoms with Crippen molar-refractivity contribution < 1.29 is 22.4 Å². The Morgan fingerprint density at radius 3 is 2.37 bits per heavy atom.